The van der Waals surface area contributed by atoms with E-state index in [2.05, 4.69) is 10.3 Å². The standard InChI is InChI=1S/C12H12N2O2S/c1-8-7-13-12(17-8)14-11(15)9-5-3-4-6-10(9)16-2/h3-7H,1-2H3,(H,13,14,15). The third-order valence-corrected chi connectivity index (χ3v) is 3.02. The number of thiazole rings is 1. The molecule has 1 heterocycles. The van der Waals surface area contributed by atoms with E-state index in [1.807, 2.05) is 13.0 Å². The highest BCUT2D eigenvalue weighted by atomic mass is 32.1. The van der Waals surface area contributed by atoms with Gasteiger partial charge in [-0.3, -0.25) is 10.1 Å². The van der Waals surface area contributed by atoms with E-state index in [1.165, 1.54) is 11.3 Å². The lowest BCUT2D eigenvalue weighted by Gasteiger charge is -2.06. The molecule has 1 N–H and O–H groups in total. The molecule has 5 heteroatoms. The van der Waals surface area contributed by atoms with Crippen molar-refractivity contribution in [3.8, 4) is 5.75 Å². The van der Waals surface area contributed by atoms with Crippen LogP contribution in [0, 0.1) is 6.92 Å². The number of aromatic nitrogens is 1. The third-order valence-electron chi connectivity index (χ3n) is 2.19. The van der Waals surface area contributed by atoms with E-state index < -0.39 is 0 Å². The number of hydrogen-bond donors (Lipinski definition) is 1. The lowest BCUT2D eigenvalue weighted by Crippen LogP contribution is -2.12. The number of para-hydroxylation sites is 1. The molecule has 17 heavy (non-hydrogen) atoms. The van der Waals surface area contributed by atoms with Crippen molar-refractivity contribution in [2.45, 2.75) is 6.92 Å². The van der Waals surface area contributed by atoms with Crippen molar-refractivity contribution in [1.29, 1.82) is 0 Å². The summed E-state index contributed by atoms with van der Waals surface area (Å²) < 4.78 is 5.13. The van der Waals surface area contributed by atoms with Crippen LogP contribution >= 0.6 is 11.3 Å². The minimum Gasteiger partial charge on any atom is -0.496 e. The summed E-state index contributed by atoms with van der Waals surface area (Å²) in [6.45, 7) is 1.94. The normalized spacial score (nSPS) is 10.0. The van der Waals surface area contributed by atoms with Gasteiger partial charge >= 0.3 is 0 Å². The van der Waals surface area contributed by atoms with Crippen molar-refractivity contribution in [2.24, 2.45) is 0 Å². The summed E-state index contributed by atoms with van der Waals surface area (Å²) in [6.07, 6.45) is 1.72. The second kappa shape index (κ2) is 4.97. The summed E-state index contributed by atoms with van der Waals surface area (Å²) in [5.41, 5.74) is 0.503. The SMILES string of the molecule is COc1ccccc1C(=O)Nc1ncc(C)s1. The molecule has 2 aromatic rings. The Balaban J connectivity index is 2.20. The van der Waals surface area contributed by atoms with Gasteiger partial charge in [0.2, 0.25) is 0 Å². The zero-order valence-corrected chi connectivity index (χ0v) is 10.4. The van der Waals surface area contributed by atoms with Gasteiger partial charge in [-0.25, -0.2) is 4.98 Å². The molecule has 0 spiro atoms. The van der Waals surface area contributed by atoms with Gasteiger partial charge in [-0.1, -0.05) is 12.1 Å². The van der Waals surface area contributed by atoms with Crippen molar-refractivity contribution in [3.05, 3.63) is 40.9 Å². The van der Waals surface area contributed by atoms with Crippen LogP contribution in [0.4, 0.5) is 5.13 Å². The van der Waals surface area contributed by atoms with Crippen LogP contribution in [0.15, 0.2) is 30.5 Å². The first-order valence-corrected chi connectivity index (χ1v) is 5.89. The average Bonchev–Trinajstić information content (AvgIpc) is 2.74. The first kappa shape index (κ1) is 11.6. The Kier molecular flexibility index (Phi) is 3.39. The maximum atomic E-state index is 12.0. The fourth-order valence-corrected chi connectivity index (χ4v) is 2.07. The Morgan fingerprint density at radius 3 is 2.82 bits per heavy atom. The van der Waals surface area contributed by atoms with E-state index in [0.717, 1.165) is 4.88 Å². The van der Waals surface area contributed by atoms with E-state index >= 15 is 0 Å². The van der Waals surface area contributed by atoms with E-state index in [4.69, 9.17) is 4.74 Å². The Morgan fingerprint density at radius 2 is 2.18 bits per heavy atom. The quantitative estimate of drug-likeness (QED) is 0.908. The molecule has 88 valence electrons. The topological polar surface area (TPSA) is 51.2 Å². The largest absolute Gasteiger partial charge is 0.496 e. The van der Waals surface area contributed by atoms with Crippen molar-refractivity contribution < 1.29 is 9.53 Å². The molecule has 0 aliphatic rings. The number of ether oxygens (including phenoxy) is 1. The molecule has 2 rings (SSSR count). The van der Waals surface area contributed by atoms with Crippen LogP contribution in [0.5, 0.6) is 5.75 Å². The van der Waals surface area contributed by atoms with E-state index in [-0.39, 0.29) is 5.91 Å². The molecule has 0 atom stereocenters. The molecule has 0 radical (unpaired) electrons. The maximum Gasteiger partial charge on any atom is 0.261 e. The molecule has 1 amide bonds. The molecular weight excluding hydrogens is 236 g/mol. The summed E-state index contributed by atoms with van der Waals surface area (Å²) in [6, 6.07) is 7.09. The van der Waals surface area contributed by atoms with E-state index in [1.54, 1.807) is 31.5 Å². The molecule has 0 saturated carbocycles. The Bertz CT molecular complexity index is 537. The summed E-state index contributed by atoms with van der Waals surface area (Å²) in [5, 5.41) is 3.34. The van der Waals surface area contributed by atoms with E-state index in [9.17, 15) is 4.79 Å². The monoisotopic (exact) mass is 248 g/mol. The number of methoxy groups -OCH3 is 1. The van der Waals surface area contributed by atoms with Gasteiger partial charge in [0.25, 0.3) is 5.91 Å². The van der Waals surface area contributed by atoms with Gasteiger partial charge in [-0.2, -0.15) is 0 Å². The van der Waals surface area contributed by atoms with Gasteiger partial charge in [0.1, 0.15) is 5.75 Å². The fourth-order valence-electron chi connectivity index (χ4n) is 1.41. The zero-order chi connectivity index (χ0) is 12.3. The lowest BCUT2D eigenvalue weighted by atomic mass is 10.2. The molecule has 0 unspecified atom stereocenters. The highest BCUT2D eigenvalue weighted by molar-refractivity contribution is 7.15. The summed E-state index contributed by atoms with van der Waals surface area (Å²) >= 11 is 1.44. The molecule has 1 aromatic heterocycles. The number of rotatable bonds is 3. The van der Waals surface area contributed by atoms with Gasteiger partial charge in [-0.05, 0) is 19.1 Å². The summed E-state index contributed by atoms with van der Waals surface area (Å²) in [7, 11) is 1.54. The van der Waals surface area contributed by atoms with Crippen molar-refractivity contribution in [1.82, 2.24) is 4.98 Å². The molecule has 0 aliphatic heterocycles. The predicted octanol–water partition coefficient (Wildman–Crippen LogP) is 2.71. The number of amides is 1. The van der Waals surface area contributed by atoms with Gasteiger partial charge in [0, 0.05) is 11.1 Å². The number of anilines is 1. The van der Waals surface area contributed by atoms with Crippen molar-refractivity contribution >= 4 is 22.4 Å². The van der Waals surface area contributed by atoms with E-state index in [0.29, 0.717) is 16.4 Å². The number of aryl methyl sites for hydroxylation is 1. The van der Waals surface area contributed by atoms with Crippen LogP contribution < -0.4 is 10.1 Å². The first-order valence-electron chi connectivity index (χ1n) is 5.07. The number of nitrogens with zero attached hydrogens (tertiary/aromatic N) is 1. The highest BCUT2D eigenvalue weighted by Gasteiger charge is 2.12. The molecule has 0 bridgehead atoms. The van der Waals surface area contributed by atoms with Crippen molar-refractivity contribution in [2.75, 3.05) is 12.4 Å². The number of nitrogens with one attached hydrogen (secondary N) is 1. The van der Waals surface area contributed by atoms with Crippen LogP contribution in [0.1, 0.15) is 15.2 Å². The van der Waals surface area contributed by atoms with Crippen LogP contribution in [-0.2, 0) is 0 Å². The molecule has 0 saturated heterocycles. The van der Waals surface area contributed by atoms with Gasteiger partial charge < -0.3 is 4.74 Å². The first-order chi connectivity index (χ1) is 8.20. The fraction of sp³-hybridized carbons (Fsp3) is 0.167. The maximum absolute atomic E-state index is 12.0. The Labute approximate surface area is 103 Å². The highest BCUT2D eigenvalue weighted by Crippen LogP contribution is 2.21. The summed E-state index contributed by atoms with van der Waals surface area (Å²) in [4.78, 5) is 17.1. The number of benzene rings is 1. The number of carbonyl (C=O) groups excluding carboxylic acids is 1. The summed E-state index contributed by atoms with van der Waals surface area (Å²) in [5.74, 6) is 0.343. The lowest BCUT2D eigenvalue weighted by molar-refractivity contribution is 0.102. The molecule has 0 aliphatic carbocycles. The van der Waals surface area contributed by atoms with Crippen LogP contribution in [0.2, 0.25) is 0 Å². The van der Waals surface area contributed by atoms with Crippen LogP contribution in [0.25, 0.3) is 0 Å². The predicted molar refractivity (Wildman–Crippen MR) is 67.8 cm³/mol. The molecular formula is C12H12N2O2S. The molecule has 4 nitrogen and oxygen atoms in total. The Morgan fingerprint density at radius 1 is 1.41 bits per heavy atom. The van der Waals surface area contributed by atoms with Crippen molar-refractivity contribution in [3.63, 3.8) is 0 Å². The average molecular weight is 248 g/mol. The molecule has 0 fully saturated rings. The minimum absolute atomic E-state index is 0.211. The van der Waals surface area contributed by atoms with Gasteiger partial charge in [0.15, 0.2) is 5.13 Å². The second-order valence-corrected chi connectivity index (χ2v) is 4.67. The number of carbonyl (C=O) groups is 1. The number of hydrogen-bond acceptors (Lipinski definition) is 4. The third kappa shape index (κ3) is 2.62. The second-order valence-electron chi connectivity index (χ2n) is 3.43. The van der Waals surface area contributed by atoms with Gasteiger partial charge in [-0.15, -0.1) is 11.3 Å². The van der Waals surface area contributed by atoms with Gasteiger partial charge in [0.05, 0.1) is 12.7 Å². The molecule has 1 aromatic carbocycles. The smallest absolute Gasteiger partial charge is 0.261 e. The zero-order valence-electron chi connectivity index (χ0n) is 9.56. The minimum atomic E-state index is -0.211. The van der Waals surface area contributed by atoms with Crippen LogP contribution in [0.3, 0.4) is 0 Å². The van der Waals surface area contributed by atoms with Crippen LogP contribution in [-0.4, -0.2) is 18.0 Å². The Hall–Kier alpha value is -1.88.